The number of pyridine rings is 1. The largest absolute Gasteiger partial charge is 0.368 e. The summed E-state index contributed by atoms with van der Waals surface area (Å²) in [7, 11) is 0. The number of hydrogen-bond acceptors (Lipinski definition) is 3. The number of nitrogens with one attached hydrogen (secondary N) is 1. The van der Waals surface area contributed by atoms with Gasteiger partial charge in [0.2, 0.25) is 0 Å². The Balaban J connectivity index is 1.96. The van der Waals surface area contributed by atoms with Gasteiger partial charge in [0.25, 0.3) is 0 Å². The fraction of sp³-hybridized carbons (Fsp3) is 0.583. The van der Waals surface area contributed by atoms with Crippen LogP contribution in [0, 0.1) is 6.92 Å². The molecule has 1 aliphatic heterocycles. The maximum absolute atomic E-state index is 5.94. The molecule has 0 amide bonds. The van der Waals surface area contributed by atoms with Gasteiger partial charge in [-0.05, 0) is 19.1 Å². The molecule has 16 heavy (non-hydrogen) atoms. The maximum Gasteiger partial charge on any atom is 0.131 e. The van der Waals surface area contributed by atoms with Crippen molar-refractivity contribution in [3.8, 4) is 0 Å². The van der Waals surface area contributed by atoms with Gasteiger partial charge in [-0.25, -0.2) is 4.98 Å². The zero-order valence-electron chi connectivity index (χ0n) is 10.00. The van der Waals surface area contributed by atoms with Crippen LogP contribution in [0.2, 0.25) is 5.15 Å². The van der Waals surface area contributed by atoms with E-state index in [0.717, 1.165) is 18.8 Å². The Kier molecular flexibility index (Phi) is 3.36. The lowest BCUT2D eigenvalue weighted by Gasteiger charge is -2.42. The smallest absolute Gasteiger partial charge is 0.131 e. The minimum Gasteiger partial charge on any atom is -0.368 e. The van der Waals surface area contributed by atoms with E-state index in [-0.39, 0.29) is 0 Å². The second-order valence-corrected chi connectivity index (χ2v) is 5.10. The summed E-state index contributed by atoms with van der Waals surface area (Å²) >= 11 is 5.94. The molecule has 1 aliphatic rings. The minimum atomic E-state index is 0.551. The topological polar surface area (TPSA) is 28.2 Å². The summed E-state index contributed by atoms with van der Waals surface area (Å²) in [5.74, 6) is 0. The highest BCUT2D eigenvalue weighted by Gasteiger charge is 2.27. The summed E-state index contributed by atoms with van der Waals surface area (Å²) < 4.78 is 0. The van der Waals surface area contributed by atoms with Crippen LogP contribution in [0.25, 0.3) is 0 Å². The minimum absolute atomic E-state index is 0.551. The molecule has 1 saturated heterocycles. The number of aromatic nitrogens is 1. The molecule has 0 aromatic carbocycles. The van der Waals surface area contributed by atoms with Crippen LogP contribution in [0.5, 0.6) is 0 Å². The normalized spacial score (nSPS) is 16.7. The van der Waals surface area contributed by atoms with E-state index in [9.17, 15) is 0 Å². The van der Waals surface area contributed by atoms with Crippen molar-refractivity contribution in [3.05, 3.63) is 23.0 Å². The van der Waals surface area contributed by atoms with E-state index in [0.29, 0.717) is 17.2 Å². The van der Waals surface area contributed by atoms with E-state index >= 15 is 0 Å². The Labute approximate surface area is 102 Å². The molecule has 3 nitrogen and oxygen atoms in total. The lowest BCUT2D eigenvalue weighted by molar-refractivity contribution is 0.389. The fourth-order valence-corrected chi connectivity index (χ4v) is 2.30. The van der Waals surface area contributed by atoms with Crippen molar-refractivity contribution in [2.45, 2.75) is 32.9 Å². The Morgan fingerprint density at radius 2 is 2.12 bits per heavy atom. The van der Waals surface area contributed by atoms with Crippen LogP contribution in [-0.4, -0.2) is 30.2 Å². The number of rotatable bonds is 3. The number of aryl methyl sites for hydroxylation is 1. The molecule has 0 spiro atoms. The van der Waals surface area contributed by atoms with E-state index in [1.165, 1.54) is 5.69 Å². The lowest BCUT2D eigenvalue weighted by atomic mass is 10.1. The summed E-state index contributed by atoms with van der Waals surface area (Å²) in [6.07, 6.45) is 0. The molecule has 1 N–H and O–H groups in total. The van der Waals surface area contributed by atoms with Crippen LogP contribution in [-0.2, 0) is 0 Å². The summed E-state index contributed by atoms with van der Waals surface area (Å²) in [4.78, 5) is 6.49. The molecule has 88 valence electrons. The first-order chi connectivity index (χ1) is 7.54. The Bertz CT molecular complexity index is 352. The van der Waals surface area contributed by atoms with E-state index < -0.39 is 0 Å². The van der Waals surface area contributed by atoms with Gasteiger partial charge < -0.3 is 10.2 Å². The first kappa shape index (κ1) is 11.7. The summed E-state index contributed by atoms with van der Waals surface area (Å²) in [5, 5.41) is 4.10. The summed E-state index contributed by atoms with van der Waals surface area (Å²) in [5.41, 5.74) is 2.15. The quantitative estimate of drug-likeness (QED) is 0.820. The molecule has 1 fully saturated rings. The van der Waals surface area contributed by atoms with Crippen LogP contribution in [0.3, 0.4) is 0 Å². The average Bonchev–Trinajstić information content (AvgIpc) is 2.08. The first-order valence-corrected chi connectivity index (χ1v) is 6.07. The van der Waals surface area contributed by atoms with Gasteiger partial charge in [0, 0.05) is 36.6 Å². The number of hydrogen-bond donors (Lipinski definition) is 1. The molecule has 0 unspecified atom stereocenters. The third kappa shape index (κ3) is 2.66. The molecule has 2 heterocycles. The predicted octanol–water partition coefficient (Wildman–Crippen LogP) is 2.23. The summed E-state index contributed by atoms with van der Waals surface area (Å²) in [6, 6.07) is 5.17. The predicted molar refractivity (Wildman–Crippen MR) is 68.3 cm³/mol. The maximum atomic E-state index is 5.94. The highest BCUT2D eigenvalue weighted by Crippen LogP contribution is 2.24. The number of halogens is 1. The second-order valence-electron chi connectivity index (χ2n) is 4.71. The standard InChI is InChI=1S/C12H18ClN3/c1-8(2)14-10-6-16(7-10)11-4-9(3)15-12(13)5-11/h4-5,8,10,14H,6-7H2,1-3H3. The summed E-state index contributed by atoms with van der Waals surface area (Å²) in [6.45, 7) is 8.43. The van der Waals surface area contributed by atoms with Gasteiger partial charge in [-0.3, -0.25) is 0 Å². The van der Waals surface area contributed by atoms with Crippen molar-refractivity contribution in [2.24, 2.45) is 0 Å². The van der Waals surface area contributed by atoms with E-state index in [2.05, 4.69) is 35.1 Å². The Morgan fingerprint density at radius 1 is 1.44 bits per heavy atom. The van der Waals surface area contributed by atoms with Crippen molar-refractivity contribution in [1.29, 1.82) is 0 Å². The molecule has 1 aromatic rings. The van der Waals surface area contributed by atoms with Crippen molar-refractivity contribution >= 4 is 17.3 Å². The molecule has 0 saturated carbocycles. The fourth-order valence-electron chi connectivity index (χ4n) is 2.06. The molecular formula is C12H18ClN3. The SMILES string of the molecule is Cc1cc(N2CC(NC(C)C)C2)cc(Cl)n1. The van der Waals surface area contributed by atoms with Gasteiger partial charge in [0.05, 0.1) is 0 Å². The average molecular weight is 240 g/mol. The van der Waals surface area contributed by atoms with Crippen LogP contribution in [0.4, 0.5) is 5.69 Å². The van der Waals surface area contributed by atoms with E-state index in [1.54, 1.807) is 0 Å². The lowest BCUT2D eigenvalue weighted by Crippen LogP contribution is -2.59. The van der Waals surface area contributed by atoms with Gasteiger partial charge in [0.1, 0.15) is 5.15 Å². The molecule has 1 aromatic heterocycles. The van der Waals surface area contributed by atoms with Crippen molar-refractivity contribution in [3.63, 3.8) is 0 Å². The second kappa shape index (κ2) is 4.60. The molecular weight excluding hydrogens is 222 g/mol. The molecule has 2 rings (SSSR count). The van der Waals surface area contributed by atoms with Crippen LogP contribution in [0.1, 0.15) is 19.5 Å². The van der Waals surface area contributed by atoms with E-state index in [4.69, 9.17) is 11.6 Å². The Hall–Kier alpha value is -0.800. The van der Waals surface area contributed by atoms with Crippen LogP contribution >= 0.6 is 11.6 Å². The monoisotopic (exact) mass is 239 g/mol. The number of anilines is 1. The van der Waals surface area contributed by atoms with Crippen molar-refractivity contribution in [2.75, 3.05) is 18.0 Å². The molecule has 4 heteroatoms. The molecule has 0 radical (unpaired) electrons. The van der Waals surface area contributed by atoms with Gasteiger partial charge >= 0.3 is 0 Å². The zero-order chi connectivity index (χ0) is 11.7. The van der Waals surface area contributed by atoms with Crippen molar-refractivity contribution < 1.29 is 0 Å². The molecule has 0 bridgehead atoms. The molecule has 0 atom stereocenters. The third-order valence-electron chi connectivity index (χ3n) is 2.72. The Morgan fingerprint density at radius 3 is 2.69 bits per heavy atom. The van der Waals surface area contributed by atoms with Gasteiger partial charge in [-0.15, -0.1) is 0 Å². The van der Waals surface area contributed by atoms with Crippen LogP contribution < -0.4 is 10.2 Å². The van der Waals surface area contributed by atoms with Gasteiger partial charge in [-0.1, -0.05) is 25.4 Å². The highest BCUT2D eigenvalue weighted by atomic mass is 35.5. The number of nitrogens with zero attached hydrogens (tertiary/aromatic N) is 2. The highest BCUT2D eigenvalue weighted by molar-refractivity contribution is 6.29. The zero-order valence-corrected chi connectivity index (χ0v) is 10.8. The van der Waals surface area contributed by atoms with Crippen molar-refractivity contribution in [1.82, 2.24) is 10.3 Å². The van der Waals surface area contributed by atoms with Gasteiger partial charge in [0.15, 0.2) is 0 Å². The first-order valence-electron chi connectivity index (χ1n) is 5.70. The van der Waals surface area contributed by atoms with E-state index in [1.807, 2.05) is 13.0 Å². The third-order valence-corrected chi connectivity index (χ3v) is 2.92. The van der Waals surface area contributed by atoms with Crippen LogP contribution in [0.15, 0.2) is 12.1 Å². The van der Waals surface area contributed by atoms with Gasteiger partial charge in [-0.2, -0.15) is 0 Å². The molecule has 0 aliphatic carbocycles.